The highest BCUT2D eigenvalue weighted by molar-refractivity contribution is 5.48. The molecule has 2 N–H and O–H groups in total. The van der Waals surface area contributed by atoms with Crippen molar-refractivity contribution in [2.24, 2.45) is 0 Å². The minimum Gasteiger partial charge on any atom is -0.504 e. The largest absolute Gasteiger partial charge is 0.504 e. The summed E-state index contributed by atoms with van der Waals surface area (Å²) >= 11 is 0. The maximum Gasteiger partial charge on any atom is 0.200 e. The molecule has 3 nitrogen and oxygen atoms in total. The summed E-state index contributed by atoms with van der Waals surface area (Å²) in [6.45, 7) is 2.37. The maximum absolute atomic E-state index is 9.56. The summed E-state index contributed by atoms with van der Waals surface area (Å²) in [5, 5.41) is 18.9. The van der Waals surface area contributed by atoms with Crippen LogP contribution in [0, 0.1) is 6.92 Å². The Morgan fingerprint density at radius 1 is 1.06 bits per heavy atom. The average Bonchev–Trinajstić information content (AvgIpc) is 2.31. The molecule has 2 rings (SSSR count). The molecule has 0 unspecified atom stereocenters. The lowest BCUT2D eigenvalue weighted by atomic mass is 10.1. The Balaban J connectivity index is 2.10. The molecule has 0 aromatic heterocycles. The van der Waals surface area contributed by atoms with Crippen molar-refractivity contribution in [1.29, 1.82) is 0 Å². The van der Waals surface area contributed by atoms with E-state index in [1.165, 1.54) is 6.07 Å². The lowest BCUT2D eigenvalue weighted by molar-refractivity contribution is 0.283. The van der Waals surface area contributed by atoms with E-state index in [2.05, 4.69) is 0 Å². The molecule has 0 aliphatic rings. The van der Waals surface area contributed by atoms with E-state index in [1.807, 2.05) is 31.2 Å². The molecule has 0 heterocycles. The molecule has 0 spiro atoms. The highest BCUT2D eigenvalue weighted by Crippen LogP contribution is 2.34. The van der Waals surface area contributed by atoms with Gasteiger partial charge in [-0.1, -0.05) is 35.9 Å². The van der Waals surface area contributed by atoms with Gasteiger partial charge in [-0.3, -0.25) is 0 Å². The fourth-order valence-corrected chi connectivity index (χ4v) is 1.59. The number of hydrogen-bond acceptors (Lipinski definition) is 3. The third-order valence-corrected chi connectivity index (χ3v) is 2.45. The monoisotopic (exact) mass is 230 g/mol. The summed E-state index contributed by atoms with van der Waals surface area (Å²) in [6.07, 6.45) is 0. The third-order valence-electron chi connectivity index (χ3n) is 2.45. The number of para-hydroxylation sites is 1. The molecule has 2 aromatic carbocycles. The zero-order chi connectivity index (χ0) is 12.3. The molecule has 0 bridgehead atoms. The minimum absolute atomic E-state index is 0.174. The first-order valence-corrected chi connectivity index (χ1v) is 5.36. The first-order chi connectivity index (χ1) is 8.16. The van der Waals surface area contributed by atoms with Crippen LogP contribution in [0.25, 0.3) is 0 Å². The second kappa shape index (κ2) is 4.78. The predicted molar refractivity (Wildman–Crippen MR) is 65.3 cm³/mol. The Bertz CT molecular complexity index is 521. The quantitative estimate of drug-likeness (QED) is 0.797. The van der Waals surface area contributed by atoms with E-state index in [0.717, 1.165) is 11.1 Å². The molecular formula is C14H14O3. The van der Waals surface area contributed by atoms with Gasteiger partial charge in [-0.25, -0.2) is 0 Å². The normalized spacial score (nSPS) is 10.2. The molecule has 0 aliphatic heterocycles. The molecule has 0 atom stereocenters. The van der Waals surface area contributed by atoms with Gasteiger partial charge >= 0.3 is 0 Å². The van der Waals surface area contributed by atoms with Gasteiger partial charge in [-0.2, -0.15) is 0 Å². The van der Waals surface area contributed by atoms with E-state index >= 15 is 0 Å². The van der Waals surface area contributed by atoms with E-state index in [4.69, 9.17) is 4.74 Å². The highest BCUT2D eigenvalue weighted by atomic mass is 16.5. The number of ether oxygens (including phenoxy) is 1. The molecule has 0 saturated heterocycles. The van der Waals surface area contributed by atoms with Gasteiger partial charge < -0.3 is 14.9 Å². The molecular weight excluding hydrogens is 216 g/mol. The Hall–Kier alpha value is -2.16. The van der Waals surface area contributed by atoms with Crippen LogP contribution in [0.4, 0.5) is 0 Å². The Morgan fingerprint density at radius 2 is 1.82 bits per heavy atom. The van der Waals surface area contributed by atoms with Crippen LogP contribution in [-0.4, -0.2) is 10.2 Å². The Labute approximate surface area is 99.9 Å². The van der Waals surface area contributed by atoms with Gasteiger partial charge in [0, 0.05) is 0 Å². The minimum atomic E-state index is -0.222. The number of hydrogen-bond donors (Lipinski definition) is 2. The summed E-state index contributed by atoms with van der Waals surface area (Å²) in [7, 11) is 0. The van der Waals surface area contributed by atoms with Gasteiger partial charge in [0.05, 0.1) is 0 Å². The van der Waals surface area contributed by atoms with Crippen molar-refractivity contribution in [3.8, 4) is 17.2 Å². The number of rotatable bonds is 3. The topological polar surface area (TPSA) is 49.7 Å². The Morgan fingerprint density at radius 3 is 2.59 bits per heavy atom. The molecule has 0 fully saturated rings. The average molecular weight is 230 g/mol. The first kappa shape index (κ1) is 11.3. The molecule has 0 saturated carbocycles. The first-order valence-electron chi connectivity index (χ1n) is 5.36. The van der Waals surface area contributed by atoms with Crippen LogP contribution in [0.2, 0.25) is 0 Å². The second-order valence-electron chi connectivity index (χ2n) is 3.90. The van der Waals surface area contributed by atoms with Gasteiger partial charge in [0.25, 0.3) is 0 Å². The van der Waals surface area contributed by atoms with Gasteiger partial charge in [-0.05, 0) is 24.6 Å². The summed E-state index contributed by atoms with van der Waals surface area (Å²) in [5.74, 6) is -0.113. The zero-order valence-corrected chi connectivity index (χ0v) is 9.55. The molecule has 0 aliphatic carbocycles. The summed E-state index contributed by atoms with van der Waals surface area (Å²) in [5.41, 5.74) is 2.18. The van der Waals surface area contributed by atoms with E-state index in [0.29, 0.717) is 6.61 Å². The van der Waals surface area contributed by atoms with Crippen LogP contribution in [0.5, 0.6) is 17.2 Å². The van der Waals surface area contributed by atoms with Crippen molar-refractivity contribution >= 4 is 0 Å². The van der Waals surface area contributed by atoms with E-state index in [9.17, 15) is 10.2 Å². The molecule has 17 heavy (non-hydrogen) atoms. The highest BCUT2D eigenvalue weighted by Gasteiger charge is 2.06. The predicted octanol–water partition coefficient (Wildman–Crippen LogP) is 2.99. The van der Waals surface area contributed by atoms with Crippen molar-refractivity contribution in [2.45, 2.75) is 13.5 Å². The standard InChI is InChI=1S/C14H14O3/c1-10-4-2-5-11(8-10)9-17-13-7-3-6-12(15)14(13)16/h2-8,15-16H,9H2,1H3. The fourth-order valence-electron chi connectivity index (χ4n) is 1.59. The van der Waals surface area contributed by atoms with Crippen LogP contribution in [0.1, 0.15) is 11.1 Å². The molecule has 88 valence electrons. The number of phenolic OH excluding ortho intramolecular Hbond substituents is 2. The summed E-state index contributed by atoms with van der Waals surface area (Å²) in [4.78, 5) is 0. The summed E-state index contributed by atoms with van der Waals surface area (Å²) < 4.78 is 5.45. The van der Waals surface area contributed by atoms with Crippen LogP contribution in [-0.2, 0) is 6.61 Å². The Kier molecular flexibility index (Phi) is 3.19. The van der Waals surface area contributed by atoms with E-state index in [1.54, 1.807) is 12.1 Å². The second-order valence-corrected chi connectivity index (χ2v) is 3.90. The maximum atomic E-state index is 9.56. The van der Waals surface area contributed by atoms with Gasteiger partial charge in [0.15, 0.2) is 11.5 Å². The molecule has 0 radical (unpaired) electrons. The van der Waals surface area contributed by atoms with E-state index < -0.39 is 0 Å². The van der Waals surface area contributed by atoms with E-state index in [-0.39, 0.29) is 17.2 Å². The van der Waals surface area contributed by atoms with Crippen molar-refractivity contribution < 1.29 is 14.9 Å². The van der Waals surface area contributed by atoms with Crippen LogP contribution >= 0.6 is 0 Å². The lowest BCUT2D eigenvalue weighted by Gasteiger charge is -2.09. The SMILES string of the molecule is Cc1cccc(COc2cccc(O)c2O)c1. The van der Waals surface area contributed by atoms with Crippen LogP contribution < -0.4 is 4.74 Å². The number of aromatic hydroxyl groups is 2. The zero-order valence-electron chi connectivity index (χ0n) is 9.55. The summed E-state index contributed by atoms with van der Waals surface area (Å²) in [6, 6.07) is 12.6. The third kappa shape index (κ3) is 2.69. The van der Waals surface area contributed by atoms with Crippen molar-refractivity contribution in [2.75, 3.05) is 0 Å². The number of phenols is 2. The number of aryl methyl sites for hydroxylation is 1. The van der Waals surface area contributed by atoms with Gasteiger partial charge in [0.2, 0.25) is 5.75 Å². The molecule has 2 aromatic rings. The lowest BCUT2D eigenvalue weighted by Crippen LogP contribution is -1.95. The van der Waals surface area contributed by atoms with Gasteiger partial charge in [-0.15, -0.1) is 0 Å². The smallest absolute Gasteiger partial charge is 0.200 e. The van der Waals surface area contributed by atoms with Crippen LogP contribution in [0.3, 0.4) is 0 Å². The molecule has 0 amide bonds. The van der Waals surface area contributed by atoms with Crippen LogP contribution in [0.15, 0.2) is 42.5 Å². The van der Waals surface area contributed by atoms with Crippen molar-refractivity contribution in [3.05, 3.63) is 53.6 Å². The number of benzene rings is 2. The molecule has 3 heteroatoms. The van der Waals surface area contributed by atoms with Crippen molar-refractivity contribution in [1.82, 2.24) is 0 Å². The van der Waals surface area contributed by atoms with Crippen molar-refractivity contribution in [3.63, 3.8) is 0 Å². The van der Waals surface area contributed by atoms with Gasteiger partial charge in [0.1, 0.15) is 6.61 Å². The fraction of sp³-hybridized carbons (Fsp3) is 0.143.